The maximum absolute atomic E-state index is 12.9. The molecule has 0 radical (unpaired) electrons. The number of pyridine rings is 2. The molecule has 1 aromatic carbocycles. The van der Waals surface area contributed by atoms with E-state index in [1.807, 2.05) is 38.1 Å². The number of hydrogen-bond donors (Lipinski definition) is 1. The summed E-state index contributed by atoms with van der Waals surface area (Å²) >= 11 is 1.48. The molecule has 0 saturated heterocycles. The quantitative estimate of drug-likeness (QED) is 0.573. The van der Waals surface area contributed by atoms with Crippen molar-refractivity contribution in [2.45, 2.75) is 24.6 Å². The molecular weight excluding hydrogens is 386 g/mol. The molecule has 1 amide bonds. The first-order chi connectivity index (χ1) is 14.0. The van der Waals surface area contributed by atoms with Crippen LogP contribution in [0, 0.1) is 13.8 Å². The van der Waals surface area contributed by atoms with Crippen LogP contribution in [0.25, 0.3) is 0 Å². The zero-order valence-corrected chi connectivity index (χ0v) is 17.7. The molecule has 0 saturated carbocycles. The van der Waals surface area contributed by atoms with Crippen molar-refractivity contribution in [2.24, 2.45) is 0 Å². The van der Waals surface area contributed by atoms with Gasteiger partial charge in [-0.3, -0.25) is 9.78 Å². The molecule has 0 bridgehead atoms. The lowest BCUT2D eigenvalue weighted by Gasteiger charge is -2.12. The summed E-state index contributed by atoms with van der Waals surface area (Å²) in [5.74, 6) is 1.88. The SMILES string of the molecule is COc1ccc(CSc2ncccc2C(=O)Nc2cc(C)ncc2C)c(OC)c1. The van der Waals surface area contributed by atoms with Crippen molar-refractivity contribution in [3.63, 3.8) is 0 Å². The number of rotatable bonds is 7. The van der Waals surface area contributed by atoms with E-state index in [-0.39, 0.29) is 5.91 Å². The topological polar surface area (TPSA) is 73.3 Å². The van der Waals surface area contributed by atoms with Gasteiger partial charge in [0.2, 0.25) is 0 Å². The Morgan fingerprint density at radius 1 is 1.10 bits per heavy atom. The van der Waals surface area contributed by atoms with Gasteiger partial charge in [-0.2, -0.15) is 0 Å². The Morgan fingerprint density at radius 2 is 1.93 bits per heavy atom. The zero-order chi connectivity index (χ0) is 20.8. The van der Waals surface area contributed by atoms with Crippen molar-refractivity contribution < 1.29 is 14.3 Å². The van der Waals surface area contributed by atoms with E-state index in [1.54, 1.807) is 38.7 Å². The Bertz CT molecular complexity index is 1020. The normalized spacial score (nSPS) is 10.5. The molecule has 0 fully saturated rings. The highest BCUT2D eigenvalue weighted by Gasteiger charge is 2.15. The van der Waals surface area contributed by atoms with E-state index in [9.17, 15) is 4.79 Å². The monoisotopic (exact) mass is 409 g/mol. The van der Waals surface area contributed by atoms with E-state index >= 15 is 0 Å². The van der Waals surface area contributed by atoms with Crippen LogP contribution in [-0.2, 0) is 5.75 Å². The summed E-state index contributed by atoms with van der Waals surface area (Å²) in [6, 6.07) is 11.1. The smallest absolute Gasteiger partial charge is 0.258 e. The van der Waals surface area contributed by atoms with Gasteiger partial charge in [0.1, 0.15) is 16.5 Å². The number of nitrogens with one attached hydrogen (secondary N) is 1. The summed E-state index contributed by atoms with van der Waals surface area (Å²) in [6.07, 6.45) is 3.44. The van der Waals surface area contributed by atoms with E-state index < -0.39 is 0 Å². The van der Waals surface area contributed by atoms with Crippen molar-refractivity contribution >= 4 is 23.4 Å². The van der Waals surface area contributed by atoms with Gasteiger partial charge >= 0.3 is 0 Å². The summed E-state index contributed by atoms with van der Waals surface area (Å²) in [4.78, 5) is 21.5. The van der Waals surface area contributed by atoms with Crippen LogP contribution >= 0.6 is 11.8 Å². The number of aryl methyl sites for hydroxylation is 2. The van der Waals surface area contributed by atoms with Crippen LogP contribution in [-0.4, -0.2) is 30.1 Å². The molecule has 3 aromatic rings. The minimum atomic E-state index is -0.198. The minimum Gasteiger partial charge on any atom is -0.497 e. The molecule has 0 spiro atoms. The average Bonchev–Trinajstić information content (AvgIpc) is 2.74. The number of hydrogen-bond acceptors (Lipinski definition) is 6. The van der Waals surface area contributed by atoms with E-state index in [0.29, 0.717) is 16.3 Å². The first-order valence-corrected chi connectivity index (χ1v) is 10.0. The highest BCUT2D eigenvalue weighted by atomic mass is 32.2. The second-order valence-electron chi connectivity index (χ2n) is 6.42. The Balaban J connectivity index is 1.79. The fourth-order valence-corrected chi connectivity index (χ4v) is 3.73. The van der Waals surface area contributed by atoms with Crippen molar-refractivity contribution in [3.05, 3.63) is 71.2 Å². The van der Waals surface area contributed by atoms with E-state index in [1.165, 1.54) is 11.8 Å². The number of carbonyl (C=O) groups is 1. The van der Waals surface area contributed by atoms with Crippen molar-refractivity contribution in [1.29, 1.82) is 0 Å². The predicted molar refractivity (Wildman–Crippen MR) is 115 cm³/mol. The molecule has 0 unspecified atom stereocenters. The molecule has 0 aliphatic heterocycles. The van der Waals surface area contributed by atoms with Gasteiger partial charge in [0, 0.05) is 41.2 Å². The lowest BCUT2D eigenvalue weighted by atomic mass is 10.2. The lowest BCUT2D eigenvalue weighted by molar-refractivity contribution is 0.102. The summed E-state index contributed by atoms with van der Waals surface area (Å²) < 4.78 is 10.7. The molecule has 29 heavy (non-hydrogen) atoms. The number of ether oxygens (including phenoxy) is 2. The first-order valence-electron chi connectivity index (χ1n) is 9.05. The van der Waals surface area contributed by atoms with Gasteiger partial charge in [-0.15, -0.1) is 11.8 Å². The summed E-state index contributed by atoms with van der Waals surface area (Å²) in [7, 11) is 3.25. The van der Waals surface area contributed by atoms with Crippen molar-refractivity contribution in [1.82, 2.24) is 9.97 Å². The van der Waals surface area contributed by atoms with Crippen LogP contribution in [0.5, 0.6) is 11.5 Å². The second kappa shape index (κ2) is 9.43. The molecule has 3 rings (SSSR count). The van der Waals surface area contributed by atoms with Crippen LogP contribution in [0.15, 0.2) is 53.8 Å². The standard InChI is InChI=1S/C22H23N3O3S/c1-14-12-24-15(2)10-19(14)25-21(26)18-6-5-9-23-22(18)29-13-16-7-8-17(27-3)11-20(16)28-4/h5-12H,13H2,1-4H3,(H,24,25,26). The van der Waals surface area contributed by atoms with Crippen molar-refractivity contribution in [2.75, 3.05) is 19.5 Å². The van der Waals surface area contributed by atoms with Gasteiger partial charge in [0.05, 0.1) is 19.8 Å². The molecule has 150 valence electrons. The number of amides is 1. The fraction of sp³-hybridized carbons (Fsp3) is 0.227. The summed E-state index contributed by atoms with van der Waals surface area (Å²) in [5.41, 5.74) is 4.03. The Labute approximate surface area is 174 Å². The largest absolute Gasteiger partial charge is 0.497 e. The third-order valence-electron chi connectivity index (χ3n) is 4.36. The number of aromatic nitrogens is 2. The molecule has 6 nitrogen and oxygen atoms in total. The Hall–Kier alpha value is -3.06. The average molecular weight is 410 g/mol. The summed E-state index contributed by atoms with van der Waals surface area (Å²) in [6.45, 7) is 3.81. The molecule has 0 aliphatic carbocycles. The highest BCUT2D eigenvalue weighted by Crippen LogP contribution is 2.31. The third-order valence-corrected chi connectivity index (χ3v) is 5.42. The van der Waals surface area contributed by atoms with E-state index in [0.717, 1.165) is 34.0 Å². The molecule has 7 heteroatoms. The minimum absolute atomic E-state index is 0.198. The van der Waals surface area contributed by atoms with E-state index in [2.05, 4.69) is 15.3 Å². The molecule has 1 N–H and O–H groups in total. The summed E-state index contributed by atoms with van der Waals surface area (Å²) in [5, 5.41) is 3.63. The maximum atomic E-state index is 12.9. The van der Waals surface area contributed by atoms with Crippen LogP contribution < -0.4 is 14.8 Å². The number of anilines is 1. The molecule has 2 aromatic heterocycles. The van der Waals surface area contributed by atoms with Crippen LogP contribution in [0.1, 0.15) is 27.2 Å². The van der Waals surface area contributed by atoms with Crippen molar-refractivity contribution in [3.8, 4) is 11.5 Å². The molecular formula is C22H23N3O3S. The van der Waals surface area contributed by atoms with Gasteiger partial charge in [-0.25, -0.2) is 4.98 Å². The number of methoxy groups -OCH3 is 2. The van der Waals surface area contributed by atoms with Gasteiger partial charge in [0.15, 0.2) is 0 Å². The molecule has 0 atom stereocenters. The Kier molecular flexibility index (Phi) is 6.72. The number of carbonyl (C=O) groups excluding carboxylic acids is 1. The van der Waals surface area contributed by atoms with Crippen LogP contribution in [0.2, 0.25) is 0 Å². The fourth-order valence-electron chi connectivity index (χ4n) is 2.75. The second-order valence-corrected chi connectivity index (χ2v) is 7.38. The first kappa shape index (κ1) is 20.7. The zero-order valence-electron chi connectivity index (χ0n) is 16.9. The molecule has 0 aliphatic rings. The number of nitrogens with zero attached hydrogens (tertiary/aromatic N) is 2. The van der Waals surface area contributed by atoms with Gasteiger partial charge in [0.25, 0.3) is 5.91 Å². The van der Waals surface area contributed by atoms with Gasteiger partial charge in [-0.1, -0.05) is 6.07 Å². The Morgan fingerprint density at radius 3 is 2.69 bits per heavy atom. The lowest BCUT2D eigenvalue weighted by Crippen LogP contribution is -2.14. The van der Waals surface area contributed by atoms with Gasteiger partial charge in [-0.05, 0) is 43.7 Å². The third kappa shape index (κ3) is 5.06. The number of thioether (sulfide) groups is 1. The number of benzene rings is 1. The maximum Gasteiger partial charge on any atom is 0.258 e. The van der Waals surface area contributed by atoms with Crippen LogP contribution in [0.4, 0.5) is 5.69 Å². The molecule has 2 heterocycles. The van der Waals surface area contributed by atoms with Gasteiger partial charge < -0.3 is 14.8 Å². The predicted octanol–water partition coefficient (Wildman–Crippen LogP) is 4.66. The van der Waals surface area contributed by atoms with Crippen LogP contribution in [0.3, 0.4) is 0 Å². The van der Waals surface area contributed by atoms with E-state index in [4.69, 9.17) is 9.47 Å². The highest BCUT2D eigenvalue weighted by molar-refractivity contribution is 7.98.